The summed E-state index contributed by atoms with van der Waals surface area (Å²) < 4.78 is 21.8. The molecule has 1 aliphatic carbocycles. The molecule has 2 aliphatic rings. The van der Waals surface area contributed by atoms with Gasteiger partial charge in [-0.1, -0.05) is 12.1 Å². The third kappa shape index (κ3) is 4.56. The average Bonchev–Trinajstić information content (AvgIpc) is 3.50. The van der Waals surface area contributed by atoms with Crippen molar-refractivity contribution in [3.63, 3.8) is 0 Å². The zero-order valence-electron chi connectivity index (χ0n) is 18.3. The number of pyridine rings is 1. The van der Waals surface area contributed by atoms with E-state index in [1.807, 2.05) is 52.0 Å². The second kappa shape index (κ2) is 8.46. The summed E-state index contributed by atoms with van der Waals surface area (Å²) >= 11 is 0. The molecule has 2 aromatic rings. The van der Waals surface area contributed by atoms with Crippen molar-refractivity contribution in [2.24, 2.45) is 5.92 Å². The molecule has 1 amide bonds. The molecule has 1 aromatic carbocycles. The van der Waals surface area contributed by atoms with Crippen molar-refractivity contribution in [1.82, 2.24) is 10.3 Å². The van der Waals surface area contributed by atoms with Crippen LogP contribution in [0.2, 0.25) is 0 Å². The van der Waals surface area contributed by atoms with E-state index in [4.69, 9.17) is 4.74 Å². The Morgan fingerprint density at radius 1 is 1.13 bits per heavy atom. The molecule has 1 aliphatic heterocycles. The first-order chi connectivity index (χ1) is 14.3. The number of amides is 1. The summed E-state index contributed by atoms with van der Waals surface area (Å²) in [4.78, 5) is 16.7. The lowest BCUT2D eigenvalue weighted by Gasteiger charge is -2.33. The topological polar surface area (TPSA) is 51.2 Å². The molecule has 160 valence electrons. The first-order valence-electron chi connectivity index (χ1n) is 11.0. The molecule has 3 atom stereocenters. The summed E-state index contributed by atoms with van der Waals surface area (Å²) in [7, 11) is 0. The number of aryl methyl sites for hydroxylation is 2. The van der Waals surface area contributed by atoms with Gasteiger partial charge in [-0.3, -0.25) is 9.78 Å². The first kappa shape index (κ1) is 21.0. The number of hydrogen-bond acceptors (Lipinski definition) is 3. The number of hydrogen-bond donors (Lipinski definition) is 1. The summed E-state index contributed by atoms with van der Waals surface area (Å²) in [6.45, 7) is 8.20. The predicted octanol–water partition coefficient (Wildman–Crippen LogP) is 5.20. The number of nitrogens with one attached hydrogen (secondary N) is 1. The summed E-state index contributed by atoms with van der Waals surface area (Å²) in [6, 6.07) is 7.89. The van der Waals surface area contributed by atoms with E-state index in [-0.39, 0.29) is 42.3 Å². The van der Waals surface area contributed by atoms with Crippen molar-refractivity contribution in [2.45, 2.75) is 78.0 Å². The van der Waals surface area contributed by atoms with Gasteiger partial charge in [0.25, 0.3) is 0 Å². The SMILES string of the molecule is Cc1cc(-c2ccc(C3C[C@@H](C)O[C@@H](C)C3)c(F)c2CNC(=O)C2CC2)cc(C)n1. The average molecular weight is 411 g/mol. The lowest BCUT2D eigenvalue weighted by atomic mass is 9.83. The molecular weight excluding hydrogens is 379 g/mol. The van der Waals surface area contributed by atoms with Crippen LogP contribution in [0.15, 0.2) is 24.3 Å². The highest BCUT2D eigenvalue weighted by Crippen LogP contribution is 2.38. The molecule has 1 N–H and O–H groups in total. The Morgan fingerprint density at radius 3 is 2.37 bits per heavy atom. The second-order valence-corrected chi connectivity index (χ2v) is 9.05. The fourth-order valence-electron chi connectivity index (χ4n) is 4.71. The zero-order valence-corrected chi connectivity index (χ0v) is 18.3. The highest BCUT2D eigenvalue weighted by atomic mass is 19.1. The van der Waals surface area contributed by atoms with Gasteiger partial charge in [0, 0.05) is 29.4 Å². The smallest absolute Gasteiger partial charge is 0.223 e. The largest absolute Gasteiger partial charge is 0.376 e. The van der Waals surface area contributed by atoms with E-state index in [1.165, 1.54) is 0 Å². The molecule has 1 aromatic heterocycles. The van der Waals surface area contributed by atoms with Crippen molar-refractivity contribution in [3.8, 4) is 11.1 Å². The van der Waals surface area contributed by atoms with Gasteiger partial charge in [-0.2, -0.15) is 0 Å². The number of halogens is 1. The summed E-state index contributed by atoms with van der Waals surface area (Å²) in [5, 5.41) is 2.97. The molecular formula is C25H31FN2O2. The molecule has 0 bridgehead atoms. The van der Waals surface area contributed by atoms with Crippen LogP contribution >= 0.6 is 0 Å². The van der Waals surface area contributed by atoms with Gasteiger partial charge in [0.1, 0.15) is 5.82 Å². The van der Waals surface area contributed by atoms with Gasteiger partial charge < -0.3 is 10.1 Å². The molecule has 4 rings (SSSR count). The van der Waals surface area contributed by atoms with Crippen LogP contribution in [0, 0.1) is 25.6 Å². The van der Waals surface area contributed by atoms with Crippen LogP contribution in [-0.4, -0.2) is 23.1 Å². The van der Waals surface area contributed by atoms with Gasteiger partial charge in [-0.05, 0) is 88.1 Å². The third-order valence-corrected chi connectivity index (χ3v) is 6.19. The first-order valence-corrected chi connectivity index (χ1v) is 11.0. The molecule has 5 heteroatoms. The number of nitrogens with zero attached hydrogens (tertiary/aromatic N) is 1. The molecule has 0 spiro atoms. The van der Waals surface area contributed by atoms with Crippen LogP contribution in [0.25, 0.3) is 11.1 Å². The van der Waals surface area contributed by atoms with Crippen molar-refractivity contribution in [1.29, 1.82) is 0 Å². The minimum atomic E-state index is -0.193. The number of carbonyl (C=O) groups excluding carboxylic acids is 1. The predicted molar refractivity (Wildman–Crippen MR) is 116 cm³/mol. The molecule has 0 radical (unpaired) electrons. The molecule has 1 saturated carbocycles. The van der Waals surface area contributed by atoms with Gasteiger partial charge in [0.2, 0.25) is 5.91 Å². The van der Waals surface area contributed by atoms with E-state index >= 15 is 4.39 Å². The van der Waals surface area contributed by atoms with E-state index in [0.717, 1.165) is 53.8 Å². The summed E-state index contributed by atoms with van der Waals surface area (Å²) in [5.74, 6) is 0.0575. The van der Waals surface area contributed by atoms with Gasteiger partial charge in [-0.25, -0.2) is 4.39 Å². The van der Waals surface area contributed by atoms with Crippen molar-refractivity contribution in [2.75, 3.05) is 0 Å². The quantitative estimate of drug-likeness (QED) is 0.737. The maximum atomic E-state index is 15.9. The summed E-state index contributed by atoms with van der Waals surface area (Å²) in [5.41, 5.74) is 4.87. The maximum Gasteiger partial charge on any atom is 0.223 e. The number of aromatic nitrogens is 1. The highest BCUT2D eigenvalue weighted by molar-refractivity contribution is 5.81. The van der Waals surface area contributed by atoms with Crippen molar-refractivity contribution >= 4 is 5.91 Å². The van der Waals surface area contributed by atoms with Gasteiger partial charge in [0.15, 0.2) is 0 Å². The lowest BCUT2D eigenvalue weighted by Crippen LogP contribution is -2.29. The Morgan fingerprint density at radius 2 is 1.77 bits per heavy atom. The van der Waals surface area contributed by atoms with Crippen LogP contribution in [-0.2, 0) is 16.1 Å². The Bertz CT molecular complexity index is 924. The normalized spacial score (nSPS) is 24.0. The van der Waals surface area contributed by atoms with Crippen LogP contribution in [0.3, 0.4) is 0 Å². The van der Waals surface area contributed by atoms with Gasteiger partial charge in [-0.15, -0.1) is 0 Å². The Hall–Kier alpha value is -2.27. The monoisotopic (exact) mass is 410 g/mol. The van der Waals surface area contributed by atoms with Crippen LogP contribution in [0.5, 0.6) is 0 Å². The van der Waals surface area contributed by atoms with Crippen LogP contribution in [0.4, 0.5) is 4.39 Å². The van der Waals surface area contributed by atoms with Crippen LogP contribution < -0.4 is 5.32 Å². The molecule has 2 heterocycles. The molecule has 2 fully saturated rings. The standard InChI is InChI=1S/C25H31FN2O2/c1-14-9-19(10-15(2)28-14)21-7-8-22(20-11-16(3)30-17(4)12-20)24(26)23(21)13-27-25(29)18-5-6-18/h7-10,16-18,20H,5-6,11-13H2,1-4H3,(H,27,29)/t16-,17+,20?. The van der Waals surface area contributed by atoms with Crippen LogP contribution in [0.1, 0.15) is 68.0 Å². The zero-order chi connectivity index (χ0) is 21.4. The van der Waals surface area contributed by atoms with E-state index in [2.05, 4.69) is 10.3 Å². The number of ether oxygens (including phenoxy) is 1. The van der Waals surface area contributed by atoms with Gasteiger partial charge in [0.05, 0.1) is 12.2 Å². The molecule has 1 saturated heterocycles. The number of carbonyl (C=O) groups is 1. The lowest BCUT2D eigenvalue weighted by molar-refractivity contribution is -0.122. The van der Waals surface area contributed by atoms with E-state index in [9.17, 15) is 4.79 Å². The molecule has 4 nitrogen and oxygen atoms in total. The third-order valence-electron chi connectivity index (χ3n) is 6.19. The van der Waals surface area contributed by atoms with Crippen molar-refractivity contribution in [3.05, 3.63) is 52.6 Å². The molecule has 30 heavy (non-hydrogen) atoms. The Balaban J connectivity index is 1.73. The molecule has 1 unspecified atom stereocenters. The van der Waals surface area contributed by atoms with E-state index in [1.54, 1.807) is 0 Å². The van der Waals surface area contributed by atoms with E-state index in [0.29, 0.717) is 5.56 Å². The Labute approximate surface area is 178 Å². The number of rotatable bonds is 5. The fraction of sp³-hybridized carbons (Fsp3) is 0.520. The minimum Gasteiger partial charge on any atom is -0.376 e. The number of benzene rings is 1. The highest BCUT2D eigenvalue weighted by Gasteiger charge is 2.31. The Kier molecular flexibility index (Phi) is 5.92. The van der Waals surface area contributed by atoms with E-state index < -0.39 is 0 Å². The summed E-state index contributed by atoms with van der Waals surface area (Å²) in [6.07, 6.45) is 3.70. The minimum absolute atomic E-state index is 0.0288. The van der Waals surface area contributed by atoms with Crippen molar-refractivity contribution < 1.29 is 13.9 Å². The second-order valence-electron chi connectivity index (χ2n) is 9.05. The fourth-order valence-corrected chi connectivity index (χ4v) is 4.71. The maximum absolute atomic E-state index is 15.9. The van der Waals surface area contributed by atoms with Gasteiger partial charge >= 0.3 is 0 Å².